The van der Waals surface area contributed by atoms with Crippen LogP contribution in [0.5, 0.6) is 0 Å². The van der Waals surface area contributed by atoms with Gasteiger partial charge in [0, 0.05) is 6.20 Å². The molecular weight excluding hydrogens is 174 g/mol. The van der Waals surface area contributed by atoms with Gasteiger partial charge in [0.1, 0.15) is 5.82 Å². The van der Waals surface area contributed by atoms with Gasteiger partial charge in [-0.1, -0.05) is 32.9 Å². The van der Waals surface area contributed by atoms with Gasteiger partial charge in [-0.25, -0.2) is 4.98 Å². The van der Waals surface area contributed by atoms with E-state index in [1.807, 2.05) is 12.1 Å². The van der Waals surface area contributed by atoms with E-state index in [9.17, 15) is 0 Å². The van der Waals surface area contributed by atoms with Gasteiger partial charge in [-0.3, -0.25) is 0 Å². The van der Waals surface area contributed by atoms with E-state index in [0.29, 0.717) is 11.5 Å². The number of rotatable bonds is 1. The van der Waals surface area contributed by atoms with E-state index in [1.54, 1.807) is 6.20 Å². The van der Waals surface area contributed by atoms with Crippen LogP contribution in [0.1, 0.15) is 26.3 Å². The summed E-state index contributed by atoms with van der Waals surface area (Å²) in [6.07, 6.45) is 5.83. The first-order valence-electron chi connectivity index (χ1n) is 4.59. The molecule has 0 unspecified atom stereocenters. The summed E-state index contributed by atoms with van der Waals surface area (Å²) in [5.74, 6) is 0.387. The van der Waals surface area contributed by atoms with E-state index < -0.39 is 0 Å². The Kier molecular flexibility index (Phi) is 2.79. The summed E-state index contributed by atoms with van der Waals surface area (Å²) in [5.41, 5.74) is 12.8. The summed E-state index contributed by atoms with van der Waals surface area (Å²) in [4.78, 5) is 3.98. The van der Waals surface area contributed by atoms with Crippen molar-refractivity contribution in [1.82, 2.24) is 4.98 Å². The summed E-state index contributed by atoms with van der Waals surface area (Å²) in [6, 6.07) is 1.82. The van der Waals surface area contributed by atoms with E-state index >= 15 is 0 Å². The lowest BCUT2D eigenvalue weighted by molar-refractivity contribution is 0.547. The molecule has 0 atom stereocenters. The summed E-state index contributed by atoms with van der Waals surface area (Å²) in [5, 5.41) is 0. The van der Waals surface area contributed by atoms with Crippen LogP contribution in [0.15, 0.2) is 18.3 Å². The lowest BCUT2D eigenvalue weighted by Crippen LogP contribution is -1.99. The topological polar surface area (TPSA) is 64.9 Å². The monoisotopic (exact) mass is 191 g/mol. The van der Waals surface area contributed by atoms with Crippen LogP contribution in [0.25, 0.3) is 6.08 Å². The van der Waals surface area contributed by atoms with Crippen molar-refractivity contribution in [2.24, 2.45) is 5.41 Å². The quantitative estimate of drug-likeness (QED) is 0.715. The van der Waals surface area contributed by atoms with Crippen molar-refractivity contribution in [3.05, 3.63) is 23.9 Å². The van der Waals surface area contributed by atoms with Gasteiger partial charge in [-0.2, -0.15) is 0 Å². The lowest BCUT2D eigenvalue weighted by Gasteiger charge is -2.11. The largest absolute Gasteiger partial charge is 0.396 e. The number of nitrogens with two attached hydrogens (primary N) is 2. The normalized spacial score (nSPS) is 12.2. The Morgan fingerprint density at radius 3 is 2.43 bits per heavy atom. The van der Waals surface area contributed by atoms with E-state index in [0.717, 1.165) is 5.56 Å². The van der Waals surface area contributed by atoms with Crippen molar-refractivity contribution in [2.45, 2.75) is 20.8 Å². The number of anilines is 2. The van der Waals surface area contributed by atoms with Crippen molar-refractivity contribution < 1.29 is 0 Å². The molecule has 1 rings (SSSR count). The highest BCUT2D eigenvalue weighted by Crippen LogP contribution is 2.19. The summed E-state index contributed by atoms with van der Waals surface area (Å²) in [6.45, 7) is 6.41. The minimum Gasteiger partial charge on any atom is -0.396 e. The number of aromatic nitrogens is 1. The van der Waals surface area contributed by atoms with Crippen molar-refractivity contribution in [3.8, 4) is 0 Å². The number of allylic oxidation sites excluding steroid dienone is 1. The predicted molar refractivity (Wildman–Crippen MR) is 61.6 cm³/mol. The maximum Gasteiger partial charge on any atom is 0.146 e. The summed E-state index contributed by atoms with van der Waals surface area (Å²) < 4.78 is 0. The molecule has 0 radical (unpaired) electrons. The predicted octanol–water partition coefficient (Wildman–Crippen LogP) is 2.31. The molecule has 0 aliphatic heterocycles. The average molecular weight is 191 g/mol. The van der Waals surface area contributed by atoms with Crippen molar-refractivity contribution >= 4 is 17.6 Å². The van der Waals surface area contributed by atoms with Crippen molar-refractivity contribution in [3.63, 3.8) is 0 Å². The molecule has 0 aliphatic carbocycles. The molecule has 1 heterocycles. The maximum atomic E-state index is 5.64. The fourth-order valence-corrected chi connectivity index (χ4v) is 0.947. The van der Waals surface area contributed by atoms with E-state index in [1.165, 1.54) is 0 Å². The van der Waals surface area contributed by atoms with E-state index in [2.05, 4.69) is 31.8 Å². The number of pyridine rings is 1. The molecule has 76 valence electrons. The fraction of sp³-hybridized carbons (Fsp3) is 0.364. The SMILES string of the molecule is CC(C)(C)/C=C/c1cnc(N)c(N)c1. The molecule has 1 aromatic heterocycles. The van der Waals surface area contributed by atoms with Crippen LogP contribution >= 0.6 is 0 Å². The third-order valence-corrected chi connectivity index (χ3v) is 1.75. The zero-order valence-corrected chi connectivity index (χ0v) is 8.91. The highest BCUT2D eigenvalue weighted by molar-refractivity contribution is 5.63. The Balaban J connectivity index is 2.89. The minimum absolute atomic E-state index is 0.163. The zero-order valence-electron chi connectivity index (χ0n) is 8.91. The van der Waals surface area contributed by atoms with Gasteiger partial charge in [0.05, 0.1) is 5.69 Å². The molecule has 0 saturated carbocycles. The van der Waals surface area contributed by atoms with Crippen LogP contribution in [-0.4, -0.2) is 4.98 Å². The molecule has 1 aromatic rings. The van der Waals surface area contributed by atoms with Crippen molar-refractivity contribution in [1.29, 1.82) is 0 Å². The van der Waals surface area contributed by atoms with Crippen LogP contribution in [0, 0.1) is 5.41 Å². The van der Waals surface area contributed by atoms with Gasteiger partial charge >= 0.3 is 0 Å². The smallest absolute Gasteiger partial charge is 0.146 e. The summed E-state index contributed by atoms with van der Waals surface area (Å²) >= 11 is 0. The number of hydrogen-bond donors (Lipinski definition) is 2. The molecule has 0 aliphatic rings. The second-order valence-electron chi connectivity index (χ2n) is 4.44. The van der Waals surface area contributed by atoms with Crippen LogP contribution in [-0.2, 0) is 0 Å². The van der Waals surface area contributed by atoms with Crippen molar-refractivity contribution in [2.75, 3.05) is 11.5 Å². The standard InChI is InChI=1S/C11H17N3/c1-11(2,3)5-4-8-6-9(12)10(13)14-7-8/h4-7H,12H2,1-3H3,(H2,13,14)/b5-4+. The molecule has 3 heteroatoms. The van der Waals surface area contributed by atoms with Crippen LogP contribution in [0.3, 0.4) is 0 Å². The van der Waals surface area contributed by atoms with Gasteiger partial charge in [-0.05, 0) is 17.0 Å². The number of hydrogen-bond acceptors (Lipinski definition) is 3. The molecule has 0 amide bonds. The highest BCUT2D eigenvalue weighted by Gasteiger charge is 2.03. The zero-order chi connectivity index (χ0) is 10.8. The molecular formula is C11H17N3. The molecule has 4 N–H and O–H groups in total. The molecule has 0 aromatic carbocycles. The molecule has 3 nitrogen and oxygen atoms in total. The average Bonchev–Trinajstić information content (AvgIpc) is 2.06. The van der Waals surface area contributed by atoms with E-state index in [-0.39, 0.29) is 5.41 Å². The van der Waals surface area contributed by atoms with Gasteiger partial charge in [0.25, 0.3) is 0 Å². The Labute approximate surface area is 84.8 Å². The Morgan fingerprint density at radius 2 is 1.93 bits per heavy atom. The maximum absolute atomic E-state index is 5.64. The Morgan fingerprint density at radius 1 is 1.29 bits per heavy atom. The van der Waals surface area contributed by atoms with E-state index in [4.69, 9.17) is 11.5 Å². The molecule has 0 saturated heterocycles. The highest BCUT2D eigenvalue weighted by atomic mass is 14.9. The second-order valence-corrected chi connectivity index (χ2v) is 4.44. The fourth-order valence-electron chi connectivity index (χ4n) is 0.947. The summed E-state index contributed by atoms with van der Waals surface area (Å²) in [7, 11) is 0. The third kappa shape index (κ3) is 3.09. The second kappa shape index (κ2) is 3.70. The first-order chi connectivity index (χ1) is 6.38. The van der Waals surface area contributed by atoms with Gasteiger partial charge < -0.3 is 11.5 Å². The third-order valence-electron chi connectivity index (χ3n) is 1.75. The van der Waals surface area contributed by atoms with Crippen LogP contribution < -0.4 is 11.5 Å². The molecule has 0 fully saturated rings. The Bertz CT molecular complexity index is 348. The number of nitrogen functional groups attached to an aromatic ring is 2. The number of nitrogens with zero attached hydrogens (tertiary/aromatic N) is 1. The van der Waals surface area contributed by atoms with Gasteiger partial charge in [0.15, 0.2) is 0 Å². The lowest BCUT2D eigenvalue weighted by atomic mass is 9.95. The van der Waals surface area contributed by atoms with Crippen LogP contribution in [0.2, 0.25) is 0 Å². The molecule has 14 heavy (non-hydrogen) atoms. The Hall–Kier alpha value is -1.51. The first-order valence-corrected chi connectivity index (χ1v) is 4.59. The van der Waals surface area contributed by atoms with Gasteiger partial charge in [-0.15, -0.1) is 0 Å². The molecule has 0 bridgehead atoms. The molecule has 0 spiro atoms. The first kappa shape index (κ1) is 10.6. The van der Waals surface area contributed by atoms with Crippen LogP contribution in [0.4, 0.5) is 11.5 Å². The minimum atomic E-state index is 0.163. The van der Waals surface area contributed by atoms with Gasteiger partial charge in [0.2, 0.25) is 0 Å².